The highest BCUT2D eigenvalue weighted by Gasteiger charge is 2.23. The van der Waals surface area contributed by atoms with Gasteiger partial charge in [0.25, 0.3) is 5.69 Å². The molecule has 0 unspecified atom stereocenters. The average molecular weight is 239 g/mol. The monoisotopic (exact) mass is 239 g/mol. The first-order chi connectivity index (χ1) is 7.80. The van der Waals surface area contributed by atoms with Crippen LogP contribution in [0.4, 0.5) is 11.5 Å². The Morgan fingerprint density at radius 1 is 1.47 bits per heavy atom. The first-order valence-corrected chi connectivity index (χ1v) is 4.88. The Bertz CT molecular complexity index is 422. The van der Waals surface area contributed by atoms with Crippen LogP contribution in [-0.4, -0.2) is 15.9 Å². The highest BCUT2D eigenvalue weighted by molar-refractivity contribution is 5.76. The summed E-state index contributed by atoms with van der Waals surface area (Å²) in [6.45, 7) is 5.13. The maximum absolute atomic E-state index is 11.4. The van der Waals surface area contributed by atoms with Gasteiger partial charge in [0, 0.05) is 6.07 Å². The van der Waals surface area contributed by atoms with Crippen LogP contribution in [0.25, 0.3) is 0 Å². The third-order valence-corrected chi connectivity index (χ3v) is 1.82. The minimum absolute atomic E-state index is 0.127. The van der Waals surface area contributed by atoms with Gasteiger partial charge in [-0.25, -0.2) is 15.3 Å². The summed E-state index contributed by atoms with van der Waals surface area (Å²) in [6, 6.07) is 2.62. The molecule has 0 spiro atoms. The van der Waals surface area contributed by atoms with Gasteiger partial charge in [-0.15, -0.1) is 0 Å². The molecule has 0 bridgehead atoms. The van der Waals surface area contributed by atoms with Crippen LogP contribution in [0.2, 0.25) is 0 Å². The van der Waals surface area contributed by atoms with Crippen molar-refractivity contribution in [3.63, 3.8) is 0 Å². The zero-order valence-corrected chi connectivity index (χ0v) is 9.76. The second-order valence-electron chi connectivity index (χ2n) is 4.40. The lowest BCUT2D eigenvalue weighted by Crippen LogP contribution is -2.25. The molecule has 92 valence electrons. The van der Waals surface area contributed by atoms with Crippen LogP contribution in [-0.2, 0) is 9.63 Å². The lowest BCUT2D eigenvalue weighted by molar-refractivity contribution is -0.385. The summed E-state index contributed by atoms with van der Waals surface area (Å²) in [5, 5.41) is 10.4. The van der Waals surface area contributed by atoms with Gasteiger partial charge in [-0.3, -0.25) is 10.1 Å². The first-order valence-electron chi connectivity index (χ1n) is 4.88. The summed E-state index contributed by atoms with van der Waals surface area (Å²) >= 11 is 0. The zero-order chi connectivity index (χ0) is 13.1. The molecule has 7 heteroatoms. The van der Waals surface area contributed by atoms with Crippen molar-refractivity contribution in [3.8, 4) is 0 Å². The van der Waals surface area contributed by atoms with Crippen molar-refractivity contribution in [2.75, 3.05) is 5.48 Å². The molecule has 0 radical (unpaired) electrons. The molecule has 0 aliphatic rings. The van der Waals surface area contributed by atoms with E-state index < -0.39 is 16.3 Å². The van der Waals surface area contributed by atoms with Gasteiger partial charge in [0.05, 0.1) is 10.3 Å². The van der Waals surface area contributed by atoms with Gasteiger partial charge in [0.2, 0.25) is 0 Å². The highest BCUT2D eigenvalue weighted by Crippen LogP contribution is 2.16. The molecule has 1 heterocycles. The van der Waals surface area contributed by atoms with E-state index >= 15 is 0 Å². The molecule has 0 atom stereocenters. The third kappa shape index (κ3) is 3.71. The van der Waals surface area contributed by atoms with Crippen molar-refractivity contribution in [1.82, 2.24) is 4.98 Å². The smallest absolute Gasteiger partial charge is 0.337 e. The van der Waals surface area contributed by atoms with E-state index in [-0.39, 0.29) is 11.5 Å². The summed E-state index contributed by atoms with van der Waals surface area (Å²) in [7, 11) is 0. The van der Waals surface area contributed by atoms with E-state index in [0.29, 0.717) is 0 Å². The minimum atomic E-state index is -0.631. The van der Waals surface area contributed by atoms with Crippen molar-refractivity contribution in [2.24, 2.45) is 5.41 Å². The van der Waals surface area contributed by atoms with E-state index in [0.717, 1.165) is 6.20 Å². The number of carbonyl (C=O) groups excluding carboxylic acids is 1. The Balaban J connectivity index is 2.59. The molecule has 1 rings (SSSR count). The Hall–Kier alpha value is -2.18. The van der Waals surface area contributed by atoms with E-state index in [9.17, 15) is 14.9 Å². The molecule has 7 nitrogen and oxygen atoms in total. The normalized spacial score (nSPS) is 10.8. The fourth-order valence-corrected chi connectivity index (χ4v) is 0.806. The van der Waals surface area contributed by atoms with Crippen LogP contribution in [0.5, 0.6) is 0 Å². The Kier molecular flexibility index (Phi) is 3.62. The molecule has 1 aromatic heterocycles. The summed E-state index contributed by atoms with van der Waals surface area (Å²) in [5.74, 6) is -0.217. The van der Waals surface area contributed by atoms with Crippen LogP contribution < -0.4 is 5.48 Å². The molecule has 0 fully saturated rings. The zero-order valence-electron chi connectivity index (χ0n) is 9.76. The molecular formula is C10H13N3O4. The number of nitro groups is 1. The van der Waals surface area contributed by atoms with Crippen molar-refractivity contribution < 1.29 is 14.6 Å². The molecule has 0 aromatic carbocycles. The largest absolute Gasteiger partial charge is 0.341 e. The van der Waals surface area contributed by atoms with Gasteiger partial charge in [-0.05, 0) is 26.8 Å². The maximum Gasteiger partial charge on any atom is 0.337 e. The molecule has 0 aliphatic carbocycles. The maximum atomic E-state index is 11.4. The number of nitrogens with zero attached hydrogens (tertiary/aromatic N) is 2. The molecule has 0 saturated carbocycles. The molecular weight excluding hydrogens is 226 g/mol. The van der Waals surface area contributed by atoms with E-state index in [4.69, 9.17) is 4.84 Å². The predicted octanol–water partition coefficient (Wildman–Crippen LogP) is 1.91. The van der Waals surface area contributed by atoms with Crippen molar-refractivity contribution in [3.05, 3.63) is 28.4 Å². The summed E-state index contributed by atoms with van der Waals surface area (Å²) in [4.78, 5) is 29.7. The standard InChI is InChI=1S/C10H13N3O4/c1-10(2,3)9(14)17-12-8-5-4-7(6-11-8)13(15)16/h4-6H,1-3H3,(H,11,12). The lowest BCUT2D eigenvalue weighted by atomic mass is 9.98. The number of aromatic nitrogens is 1. The molecule has 0 saturated heterocycles. The molecule has 0 aliphatic heterocycles. The van der Waals surface area contributed by atoms with Crippen LogP contribution in [0.1, 0.15) is 20.8 Å². The fraction of sp³-hybridized carbons (Fsp3) is 0.400. The van der Waals surface area contributed by atoms with Gasteiger partial charge < -0.3 is 4.84 Å². The van der Waals surface area contributed by atoms with Gasteiger partial charge in [-0.1, -0.05) is 0 Å². The topological polar surface area (TPSA) is 94.4 Å². The number of hydrogen-bond acceptors (Lipinski definition) is 6. The van der Waals surface area contributed by atoms with Crippen molar-refractivity contribution >= 4 is 17.5 Å². The number of nitrogens with one attached hydrogen (secondary N) is 1. The Labute approximate surface area is 97.9 Å². The number of carbonyl (C=O) groups is 1. The number of hydrogen-bond donors (Lipinski definition) is 1. The van der Waals surface area contributed by atoms with Crippen LogP contribution in [0.3, 0.4) is 0 Å². The number of rotatable bonds is 3. The van der Waals surface area contributed by atoms with Crippen LogP contribution in [0, 0.1) is 15.5 Å². The lowest BCUT2D eigenvalue weighted by Gasteiger charge is -2.15. The molecule has 17 heavy (non-hydrogen) atoms. The summed E-state index contributed by atoms with van der Waals surface area (Å²) < 4.78 is 0. The molecule has 1 aromatic rings. The minimum Gasteiger partial charge on any atom is -0.341 e. The fourth-order valence-electron chi connectivity index (χ4n) is 0.806. The summed E-state index contributed by atoms with van der Waals surface area (Å²) in [5.41, 5.74) is 1.58. The second kappa shape index (κ2) is 4.77. The number of anilines is 1. The third-order valence-electron chi connectivity index (χ3n) is 1.82. The van der Waals surface area contributed by atoms with E-state index in [1.165, 1.54) is 12.1 Å². The van der Waals surface area contributed by atoms with E-state index in [2.05, 4.69) is 10.5 Å². The van der Waals surface area contributed by atoms with Gasteiger partial charge in [0.1, 0.15) is 6.20 Å². The van der Waals surface area contributed by atoms with Crippen molar-refractivity contribution in [2.45, 2.75) is 20.8 Å². The van der Waals surface area contributed by atoms with E-state index in [1.54, 1.807) is 20.8 Å². The Morgan fingerprint density at radius 3 is 2.53 bits per heavy atom. The van der Waals surface area contributed by atoms with Gasteiger partial charge in [-0.2, -0.15) is 0 Å². The van der Waals surface area contributed by atoms with E-state index in [1.807, 2.05) is 0 Å². The van der Waals surface area contributed by atoms with Gasteiger partial charge in [0.15, 0.2) is 5.82 Å². The SMILES string of the molecule is CC(C)(C)C(=O)ONc1ccc([N+](=O)[O-])cn1. The Morgan fingerprint density at radius 2 is 2.12 bits per heavy atom. The van der Waals surface area contributed by atoms with Crippen molar-refractivity contribution in [1.29, 1.82) is 0 Å². The predicted molar refractivity (Wildman–Crippen MR) is 60.1 cm³/mol. The molecule has 0 amide bonds. The first kappa shape index (κ1) is 12.9. The quantitative estimate of drug-likeness (QED) is 0.639. The van der Waals surface area contributed by atoms with Crippen LogP contribution in [0.15, 0.2) is 18.3 Å². The number of pyridine rings is 1. The second-order valence-corrected chi connectivity index (χ2v) is 4.40. The average Bonchev–Trinajstić information content (AvgIpc) is 2.25. The highest BCUT2D eigenvalue weighted by atomic mass is 16.7. The molecule has 1 N–H and O–H groups in total. The summed E-state index contributed by atoms with van der Waals surface area (Å²) in [6.07, 6.45) is 1.08. The van der Waals surface area contributed by atoms with Gasteiger partial charge >= 0.3 is 5.97 Å². The van der Waals surface area contributed by atoms with Crippen LogP contribution >= 0.6 is 0 Å².